The maximum absolute atomic E-state index is 13.5. The van der Waals surface area contributed by atoms with Crippen molar-refractivity contribution in [3.05, 3.63) is 35.9 Å². The van der Waals surface area contributed by atoms with E-state index in [0.717, 1.165) is 34.7 Å². The minimum Gasteiger partial charge on any atom is -0.497 e. The van der Waals surface area contributed by atoms with Crippen molar-refractivity contribution in [1.82, 2.24) is 0 Å². The van der Waals surface area contributed by atoms with E-state index in [4.69, 9.17) is 4.74 Å². The Labute approximate surface area is 143 Å². The van der Waals surface area contributed by atoms with Gasteiger partial charge in [-0.3, -0.25) is 0 Å². The quantitative estimate of drug-likeness (QED) is 0.376. The smallest absolute Gasteiger partial charge is 0.460 e. The second-order valence-corrected chi connectivity index (χ2v) is 5.65. The third-order valence-electron chi connectivity index (χ3n) is 2.84. The second-order valence-electron chi connectivity index (χ2n) is 4.49. The average molecular weight is 478 g/mol. The first-order valence-electron chi connectivity index (χ1n) is 5.90. The van der Waals surface area contributed by atoms with Gasteiger partial charge in [-0.05, 0) is 40.3 Å². The van der Waals surface area contributed by atoms with Gasteiger partial charge in [0.25, 0.3) is 0 Å². The normalized spacial score (nSPS) is 14.7. The number of benzene rings is 1. The Balaban J connectivity index is 3.26. The van der Waals surface area contributed by atoms with Gasteiger partial charge in [0.2, 0.25) is 0 Å². The molecular weight excluding hydrogens is 470 g/mol. The third kappa shape index (κ3) is 3.75. The van der Waals surface area contributed by atoms with Gasteiger partial charge in [0, 0.05) is 9.66 Å². The minimum atomic E-state index is -6.91. The fourth-order valence-corrected chi connectivity index (χ4v) is 2.22. The van der Waals surface area contributed by atoms with Crippen LogP contribution in [-0.4, -0.2) is 31.1 Å². The van der Waals surface area contributed by atoms with Crippen molar-refractivity contribution in [3.63, 3.8) is 0 Å². The summed E-state index contributed by atoms with van der Waals surface area (Å²) in [5.74, 6) is -19.0. The van der Waals surface area contributed by atoms with E-state index >= 15 is 0 Å². The van der Waals surface area contributed by atoms with Crippen LogP contribution in [0.5, 0.6) is 5.75 Å². The van der Waals surface area contributed by atoms with Crippen LogP contribution >= 0.6 is 22.6 Å². The molecule has 0 unspecified atom stereocenters. The van der Waals surface area contributed by atoms with Crippen molar-refractivity contribution in [3.8, 4) is 5.75 Å². The Hall–Kier alpha value is -1.14. The first kappa shape index (κ1) is 20.9. The van der Waals surface area contributed by atoms with Crippen LogP contribution in [0.15, 0.2) is 30.3 Å². The number of hydrogen-bond acceptors (Lipinski definition) is 1. The van der Waals surface area contributed by atoms with Crippen molar-refractivity contribution in [2.24, 2.45) is 0 Å². The van der Waals surface area contributed by atoms with E-state index in [-0.39, 0.29) is 5.56 Å². The van der Waals surface area contributed by atoms with E-state index < -0.39 is 33.6 Å². The molecular formula is C13H8F9IO. The van der Waals surface area contributed by atoms with E-state index in [9.17, 15) is 39.5 Å². The van der Waals surface area contributed by atoms with Crippen molar-refractivity contribution in [1.29, 1.82) is 0 Å². The molecule has 0 fully saturated rings. The summed E-state index contributed by atoms with van der Waals surface area (Å²) in [6.45, 7) is 0. The molecule has 0 aliphatic heterocycles. The number of allylic oxidation sites excluding steroid dienone is 1. The van der Waals surface area contributed by atoms with Gasteiger partial charge in [-0.25, -0.2) is 0 Å². The number of ether oxygens (including phenoxy) is 1. The van der Waals surface area contributed by atoms with E-state index in [1.165, 1.54) is 19.2 Å². The van der Waals surface area contributed by atoms with Crippen molar-refractivity contribution >= 4 is 26.2 Å². The zero-order chi connectivity index (χ0) is 19.0. The molecule has 0 bridgehead atoms. The van der Waals surface area contributed by atoms with Gasteiger partial charge in [-0.15, -0.1) is 0 Å². The second kappa shape index (κ2) is 6.64. The topological polar surface area (TPSA) is 9.23 Å². The van der Waals surface area contributed by atoms with Gasteiger partial charge in [0.15, 0.2) is 0 Å². The SMILES string of the molecule is COc1ccc(/C(I)=C\C(F)(F)C(F)(F)C(F)(F)C(F)(F)F)cc1. The zero-order valence-corrected chi connectivity index (χ0v) is 13.7. The van der Waals surface area contributed by atoms with Crippen LogP contribution in [-0.2, 0) is 0 Å². The lowest BCUT2D eigenvalue weighted by molar-refractivity contribution is -0.388. The predicted molar refractivity (Wildman–Crippen MR) is 75.9 cm³/mol. The monoisotopic (exact) mass is 478 g/mol. The minimum absolute atomic E-state index is 0.0952. The molecule has 1 aromatic carbocycles. The molecule has 1 nitrogen and oxygen atoms in total. The number of rotatable bonds is 5. The number of hydrogen-bond donors (Lipinski definition) is 0. The van der Waals surface area contributed by atoms with Crippen LogP contribution in [0.4, 0.5) is 39.5 Å². The fraction of sp³-hybridized carbons (Fsp3) is 0.385. The van der Waals surface area contributed by atoms with Crippen LogP contribution in [0.25, 0.3) is 3.58 Å². The zero-order valence-electron chi connectivity index (χ0n) is 11.6. The molecule has 136 valence electrons. The standard InChI is InChI=1S/C13H8F9IO/c1-24-8-4-2-7(3-5-8)9(23)6-10(14,15)11(16,17)12(18,19)13(20,21)22/h2-6H,1H3/b9-6+. The molecule has 0 atom stereocenters. The average Bonchev–Trinajstić information content (AvgIpc) is 2.45. The van der Waals surface area contributed by atoms with Crippen LogP contribution in [0.1, 0.15) is 5.56 Å². The highest BCUT2D eigenvalue weighted by molar-refractivity contribution is 14.1. The lowest BCUT2D eigenvalue weighted by Gasteiger charge is -2.32. The Morgan fingerprint density at radius 1 is 0.875 bits per heavy atom. The van der Waals surface area contributed by atoms with E-state index in [1.807, 2.05) is 0 Å². The van der Waals surface area contributed by atoms with E-state index in [0.29, 0.717) is 5.75 Å². The van der Waals surface area contributed by atoms with Crippen LogP contribution in [0, 0.1) is 0 Å². The van der Waals surface area contributed by atoms with Gasteiger partial charge in [-0.2, -0.15) is 39.5 Å². The molecule has 0 radical (unpaired) electrons. The maximum atomic E-state index is 13.5. The molecule has 0 amide bonds. The summed E-state index contributed by atoms with van der Waals surface area (Å²) in [7, 11) is 1.30. The van der Waals surface area contributed by atoms with E-state index in [1.54, 1.807) is 0 Å². The predicted octanol–water partition coefficient (Wildman–Crippen LogP) is 5.94. The van der Waals surface area contributed by atoms with Gasteiger partial charge in [0.05, 0.1) is 7.11 Å². The molecule has 0 spiro atoms. The summed E-state index contributed by atoms with van der Waals surface area (Å²) in [5.41, 5.74) is -0.0952. The lowest BCUT2D eigenvalue weighted by Crippen LogP contribution is -2.60. The number of halogens is 10. The summed E-state index contributed by atoms with van der Waals surface area (Å²) in [4.78, 5) is 0. The third-order valence-corrected chi connectivity index (χ3v) is 3.78. The van der Waals surface area contributed by atoms with Crippen molar-refractivity contribution in [2.75, 3.05) is 7.11 Å². The molecule has 0 N–H and O–H groups in total. The summed E-state index contributed by atoms with van der Waals surface area (Å²) in [6, 6.07) is 4.82. The highest BCUT2D eigenvalue weighted by Gasteiger charge is 2.81. The molecule has 0 saturated carbocycles. The molecule has 24 heavy (non-hydrogen) atoms. The van der Waals surface area contributed by atoms with Gasteiger partial charge < -0.3 is 4.74 Å². The highest BCUT2D eigenvalue weighted by Crippen LogP contribution is 2.54. The molecule has 0 aliphatic carbocycles. The highest BCUT2D eigenvalue weighted by atomic mass is 127. The molecule has 0 heterocycles. The Bertz CT molecular complexity index is 605. The number of alkyl halides is 9. The Kier molecular flexibility index (Phi) is 5.78. The molecule has 0 aliphatic rings. The molecule has 0 aromatic heterocycles. The van der Waals surface area contributed by atoms with Crippen LogP contribution in [0.2, 0.25) is 0 Å². The van der Waals surface area contributed by atoms with Crippen LogP contribution < -0.4 is 4.74 Å². The lowest BCUT2D eigenvalue weighted by atomic mass is 10.0. The first-order valence-corrected chi connectivity index (χ1v) is 6.98. The summed E-state index contributed by atoms with van der Waals surface area (Å²) >= 11 is 1.13. The summed E-state index contributed by atoms with van der Waals surface area (Å²) in [6.07, 6.45) is -7.46. The molecule has 11 heteroatoms. The van der Waals surface area contributed by atoms with Gasteiger partial charge in [-0.1, -0.05) is 12.1 Å². The molecule has 1 aromatic rings. The van der Waals surface area contributed by atoms with Crippen molar-refractivity contribution in [2.45, 2.75) is 23.9 Å². The van der Waals surface area contributed by atoms with Crippen molar-refractivity contribution < 1.29 is 44.3 Å². The maximum Gasteiger partial charge on any atom is 0.460 e. The Morgan fingerprint density at radius 2 is 1.33 bits per heavy atom. The van der Waals surface area contributed by atoms with Crippen LogP contribution in [0.3, 0.4) is 0 Å². The van der Waals surface area contributed by atoms with Gasteiger partial charge in [0.1, 0.15) is 5.75 Å². The largest absolute Gasteiger partial charge is 0.497 e. The van der Waals surface area contributed by atoms with Gasteiger partial charge >= 0.3 is 23.9 Å². The molecule has 0 saturated heterocycles. The number of methoxy groups -OCH3 is 1. The fourth-order valence-electron chi connectivity index (χ4n) is 1.47. The summed E-state index contributed by atoms with van der Waals surface area (Å²) < 4.78 is 119. The first-order chi connectivity index (χ1) is 10.7. The molecule has 1 rings (SSSR count). The van der Waals surface area contributed by atoms with E-state index in [2.05, 4.69) is 0 Å². The Morgan fingerprint density at radius 3 is 1.71 bits per heavy atom. The summed E-state index contributed by atoms with van der Waals surface area (Å²) in [5, 5.41) is 0.